The lowest BCUT2D eigenvalue weighted by atomic mass is 9.92. The highest BCUT2D eigenvalue weighted by Gasteiger charge is 2.19. The van der Waals surface area contributed by atoms with Gasteiger partial charge < -0.3 is 4.90 Å². The third-order valence-corrected chi connectivity index (χ3v) is 4.51. The summed E-state index contributed by atoms with van der Waals surface area (Å²) in [4.78, 5) is 26.7. The summed E-state index contributed by atoms with van der Waals surface area (Å²) in [7, 11) is 1.76. The van der Waals surface area contributed by atoms with Gasteiger partial charge in [0.1, 0.15) is 0 Å². The summed E-state index contributed by atoms with van der Waals surface area (Å²) in [5, 5.41) is 0. The van der Waals surface area contributed by atoms with Gasteiger partial charge in [-0.25, -0.2) is 0 Å². The first-order valence-corrected chi connectivity index (χ1v) is 8.49. The quantitative estimate of drug-likeness (QED) is 0.719. The highest BCUT2D eigenvalue weighted by molar-refractivity contribution is 6.06. The molecular formula is C21H25NO2. The number of ketones is 1. The Bertz CT molecular complexity index is 722. The monoisotopic (exact) mass is 323 g/mol. The molecule has 1 atom stereocenters. The van der Waals surface area contributed by atoms with Crippen molar-refractivity contribution in [2.24, 2.45) is 5.92 Å². The van der Waals surface area contributed by atoms with E-state index in [4.69, 9.17) is 0 Å². The minimum absolute atomic E-state index is 0.0184. The standard InChI is InChI=1S/C21H25NO2/c1-5-15(3)20(23)19-13-12-18(14-16(19)6-2)22(4)21(24)17-10-8-7-9-11-17/h7-15H,5-6H2,1-4H3. The maximum atomic E-state index is 12.6. The lowest BCUT2D eigenvalue weighted by Crippen LogP contribution is -2.26. The molecule has 0 fully saturated rings. The fourth-order valence-corrected chi connectivity index (χ4v) is 2.66. The van der Waals surface area contributed by atoms with Crippen LogP contribution >= 0.6 is 0 Å². The van der Waals surface area contributed by atoms with Crippen LogP contribution in [0.15, 0.2) is 48.5 Å². The summed E-state index contributed by atoms with van der Waals surface area (Å²) in [6.07, 6.45) is 1.59. The Morgan fingerprint density at radius 1 is 1.04 bits per heavy atom. The zero-order valence-electron chi connectivity index (χ0n) is 14.9. The zero-order valence-corrected chi connectivity index (χ0v) is 14.9. The molecule has 2 aromatic carbocycles. The first-order valence-electron chi connectivity index (χ1n) is 8.49. The predicted octanol–water partition coefficient (Wildman–Crippen LogP) is 4.75. The molecule has 2 aromatic rings. The van der Waals surface area contributed by atoms with Gasteiger partial charge >= 0.3 is 0 Å². The Morgan fingerprint density at radius 3 is 2.29 bits per heavy atom. The number of Topliss-reactive ketones (excluding diaryl/α,β-unsaturated/α-hetero) is 1. The smallest absolute Gasteiger partial charge is 0.258 e. The predicted molar refractivity (Wildman–Crippen MR) is 98.8 cm³/mol. The van der Waals surface area contributed by atoms with E-state index in [1.165, 1.54) is 0 Å². The maximum absolute atomic E-state index is 12.6. The van der Waals surface area contributed by atoms with Crippen LogP contribution < -0.4 is 4.90 Å². The van der Waals surface area contributed by atoms with Crippen LogP contribution in [0.4, 0.5) is 5.69 Å². The summed E-state index contributed by atoms with van der Waals surface area (Å²) in [5.41, 5.74) is 3.22. The third-order valence-electron chi connectivity index (χ3n) is 4.51. The number of amides is 1. The second-order valence-electron chi connectivity index (χ2n) is 6.10. The van der Waals surface area contributed by atoms with Gasteiger partial charge in [0.25, 0.3) is 5.91 Å². The van der Waals surface area contributed by atoms with Crippen molar-refractivity contribution in [3.8, 4) is 0 Å². The molecule has 0 N–H and O–H groups in total. The summed E-state index contributed by atoms with van der Waals surface area (Å²) >= 11 is 0. The van der Waals surface area contributed by atoms with Crippen LogP contribution in [-0.2, 0) is 6.42 Å². The van der Waals surface area contributed by atoms with Crippen LogP contribution in [0, 0.1) is 5.92 Å². The van der Waals surface area contributed by atoms with Crippen molar-refractivity contribution < 1.29 is 9.59 Å². The van der Waals surface area contributed by atoms with Crippen molar-refractivity contribution >= 4 is 17.4 Å². The van der Waals surface area contributed by atoms with Gasteiger partial charge in [-0.05, 0) is 48.7 Å². The molecule has 24 heavy (non-hydrogen) atoms. The molecule has 0 heterocycles. The van der Waals surface area contributed by atoms with E-state index in [0.717, 1.165) is 29.7 Å². The topological polar surface area (TPSA) is 37.4 Å². The fourth-order valence-electron chi connectivity index (χ4n) is 2.66. The molecule has 0 saturated heterocycles. The van der Waals surface area contributed by atoms with Crippen molar-refractivity contribution in [2.75, 3.05) is 11.9 Å². The largest absolute Gasteiger partial charge is 0.311 e. The lowest BCUT2D eigenvalue weighted by Gasteiger charge is -2.20. The maximum Gasteiger partial charge on any atom is 0.258 e. The molecule has 0 radical (unpaired) electrons. The number of benzene rings is 2. The number of anilines is 1. The van der Waals surface area contributed by atoms with Crippen LogP contribution in [0.25, 0.3) is 0 Å². The molecule has 3 heteroatoms. The van der Waals surface area contributed by atoms with E-state index in [9.17, 15) is 9.59 Å². The van der Waals surface area contributed by atoms with Gasteiger partial charge in [-0.3, -0.25) is 9.59 Å². The first-order chi connectivity index (χ1) is 11.5. The van der Waals surface area contributed by atoms with Gasteiger partial charge in [0, 0.05) is 29.8 Å². The molecule has 0 aliphatic heterocycles. The minimum Gasteiger partial charge on any atom is -0.311 e. The lowest BCUT2D eigenvalue weighted by molar-refractivity contribution is 0.0926. The summed E-state index contributed by atoms with van der Waals surface area (Å²) in [6.45, 7) is 6.02. The highest BCUT2D eigenvalue weighted by Crippen LogP contribution is 2.24. The van der Waals surface area contributed by atoms with Crippen LogP contribution in [-0.4, -0.2) is 18.7 Å². The third kappa shape index (κ3) is 3.73. The molecule has 0 aromatic heterocycles. The number of carbonyl (C=O) groups excluding carboxylic acids is 2. The molecule has 0 aliphatic rings. The van der Waals surface area contributed by atoms with Crippen molar-refractivity contribution in [3.05, 3.63) is 65.2 Å². The molecule has 0 aliphatic carbocycles. The number of aryl methyl sites for hydroxylation is 1. The average molecular weight is 323 g/mol. The average Bonchev–Trinajstić information content (AvgIpc) is 2.65. The molecule has 1 unspecified atom stereocenters. The molecule has 3 nitrogen and oxygen atoms in total. The summed E-state index contributed by atoms with van der Waals surface area (Å²) < 4.78 is 0. The Morgan fingerprint density at radius 2 is 1.71 bits per heavy atom. The van der Waals surface area contributed by atoms with Gasteiger partial charge in [0.15, 0.2) is 5.78 Å². The Hall–Kier alpha value is -2.42. The van der Waals surface area contributed by atoms with Crippen molar-refractivity contribution in [1.29, 1.82) is 0 Å². The Labute approximate surface area is 144 Å². The van der Waals surface area contributed by atoms with E-state index >= 15 is 0 Å². The summed E-state index contributed by atoms with van der Waals surface area (Å²) in [5.74, 6) is 0.140. The zero-order chi connectivity index (χ0) is 17.7. The van der Waals surface area contributed by atoms with Crippen molar-refractivity contribution in [3.63, 3.8) is 0 Å². The van der Waals surface area contributed by atoms with Gasteiger partial charge in [0.2, 0.25) is 0 Å². The normalized spacial score (nSPS) is 11.8. The number of hydrogen-bond acceptors (Lipinski definition) is 2. The molecule has 1 amide bonds. The van der Waals surface area contributed by atoms with Gasteiger partial charge in [0.05, 0.1) is 0 Å². The second-order valence-corrected chi connectivity index (χ2v) is 6.10. The van der Waals surface area contributed by atoms with Crippen LogP contribution in [0.2, 0.25) is 0 Å². The number of rotatable bonds is 6. The molecule has 0 saturated carbocycles. The molecule has 126 valence electrons. The van der Waals surface area contributed by atoms with Gasteiger partial charge in [-0.15, -0.1) is 0 Å². The molecule has 0 bridgehead atoms. The number of hydrogen-bond donors (Lipinski definition) is 0. The van der Waals surface area contributed by atoms with E-state index in [1.54, 1.807) is 24.1 Å². The minimum atomic E-state index is -0.0568. The fraction of sp³-hybridized carbons (Fsp3) is 0.333. The van der Waals surface area contributed by atoms with E-state index in [-0.39, 0.29) is 17.6 Å². The van der Waals surface area contributed by atoms with Crippen LogP contribution in [0.5, 0.6) is 0 Å². The van der Waals surface area contributed by atoms with Crippen LogP contribution in [0.1, 0.15) is 53.5 Å². The van der Waals surface area contributed by atoms with Crippen molar-refractivity contribution in [2.45, 2.75) is 33.6 Å². The number of nitrogens with zero attached hydrogens (tertiary/aromatic N) is 1. The molecule has 2 rings (SSSR count). The molecular weight excluding hydrogens is 298 g/mol. The van der Waals surface area contributed by atoms with Crippen molar-refractivity contribution in [1.82, 2.24) is 0 Å². The molecule has 0 spiro atoms. The Kier molecular flexibility index (Phi) is 5.91. The van der Waals surface area contributed by atoms with E-state index in [1.807, 2.05) is 57.2 Å². The Balaban J connectivity index is 2.32. The van der Waals surface area contributed by atoms with E-state index in [2.05, 4.69) is 0 Å². The number of carbonyl (C=O) groups is 2. The van der Waals surface area contributed by atoms with E-state index in [0.29, 0.717) is 5.56 Å². The second kappa shape index (κ2) is 7.91. The van der Waals surface area contributed by atoms with E-state index < -0.39 is 0 Å². The first kappa shape index (κ1) is 17.9. The van der Waals surface area contributed by atoms with Crippen LogP contribution in [0.3, 0.4) is 0 Å². The van der Waals surface area contributed by atoms with Gasteiger partial charge in [-0.1, -0.05) is 39.0 Å². The summed E-state index contributed by atoms with van der Waals surface area (Å²) in [6, 6.07) is 14.9. The van der Waals surface area contributed by atoms with Gasteiger partial charge in [-0.2, -0.15) is 0 Å². The highest BCUT2D eigenvalue weighted by atomic mass is 16.2. The SMILES string of the molecule is CCc1cc(N(C)C(=O)c2ccccc2)ccc1C(=O)C(C)CC.